The number of aromatic amines is 1. The lowest BCUT2D eigenvalue weighted by atomic mass is 10.0. The number of hydrogen-bond acceptors (Lipinski definition) is 4. The molecule has 1 aromatic carbocycles. The van der Waals surface area contributed by atoms with Crippen LogP contribution in [0.5, 0.6) is 5.75 Å². The van der Waals surface area contributed by atoms with Crippen LogP contribution in [0, 0.1) is 0 Å². The molecule has 0 aliphatic carbocycles. The summed E-state index contributed by atoms with van der Waals surface area (Å²) in [5.74, 6) is 1.54. The average Bonchev–Trinajstić information content (AvgIpc) is 3.00. The van der Waals surface area contributed by atoms with Crippen molar-refractivity contribution in [1.82, 2.24) is 9.97 Å². The zero-order chi connectivity index (χ0) is 14.7. The van der Waals surface area contributed by atoms with E-state index in [1.807, 2.05) is 42.6 Å². The first-order chi connectivity index (χ1) is 10.3. The molecule has 0 bridgehead atoms. The van der Waals surface area contributed by atoms with E-state index >= 15 is 0 Å². The number of methoxy groups -OCH3 is 1. The number of H-pyrrole nitrogens is 1. The molecule has 0 atom stereocenters. The Hall–Kier alpha value is -2.53. The number of benzene rings is 1. The molecule has 0 aliphatic heterocycles. The molecule has 2 aromatic heterocycles. The molecule has 3 rings (SSSR count). The molecule has 5 nitrogen and oxygen atoms in total. The van der Waals surface area contributed by atoms with Crippen LogP contribution in [0.3, 0.4) is 0 Å². The van der Waals surface area contributed by atoms with Crippen LogP contribution < -0.4 is 10.1 Å². The van der Waals surface area contributed by atoms with E-state index in [1.165, 1.54) is 0 Å². The van der Waals surface area contributed by atoms with E-state index in [0.717, 1.165) is 33.7 Å². The third kappa shape index (κ3) is 2.55. The molecule has 0 amide bonds. The monoisotopic (exact) mass is 283 g/mol. The summed E-state index contributed by atoms with van der Waals surface area (Å²) in [6, 6.07) is 11.9. The quantitative estimate of drug-likeness (QED) is 0.673. The lowest BCUT2D eigenvalue weighted by Gasteiger charge is -2.11. The van der Waals surface area contributed by atoms with Crippen LogP contribution in [0.1, 0.15) is 0 Å². The van der Waals surface area contributed by atoms with Crippen molar-refractivity contribution in [3.05, 3.63) is 42.6 Å². The van der Waals surface area contributed by atoms with Crippen LogP contribution in [0.25, 0.3) is 22.2 Å². The Morgan fingerprint density at radius 1 is 1.24 bits per heavy atom. The molecule has 0 saturated carbocycles. The lowest BCUT2D eigenvalue weighted by Crippen LogP contribution is -2.07. The zero-order valence-electron chi connectivity index (χ0n) is 11.8. The minimum atomic E-state index is 0.0639. The molecule has 0 fully saturated rings. The van der Waals surface area contributed by atoms with Crippen molar-refractivity contribution < 1.29 is 9.84 Å². The molecule has 0 saturated heterocycles. The smallest absolute Gasteiger partial charge is 0.140 e. The minimum Gasteiger partial charge on any atom is -0.496 e. The van der Waals surface area contributed by atoms with E-state index in [1.54, 1.807) is 7.11 Å². The number of hydrogen-bond donors (Lipinski definition) is 3. The number of nitrogens with zero attached hydrogens (tertiary/aromatic N) is 1. The SMILES string of the molecule is COc1ccccc1-c1cc(NCCO)nc2[nH]ccc12. The maximum Gasteiger partial charge on any atom is 0.140 e. The third-order valence-electron chi connectivity index (χ3n) is 3.34. The van der Waals surface area contributed by atoms with Crippen molar-refractivity contribution in [2.24, 2.45) is 0 Å². The number of aliphatic hydroxyl groups is 1. The van der Waals surface area contributed by atoms with Crippen molar-refractivity contribution in [2.75, 3.05) is 25.6 Å². The highest BCUT2D eigenvalue weighted by Crippen LogP contribution is 2.35. The van der Waals surface area contributed by atoms with Gasteiger partial charge in [0.05, 0.1) is 13.7 Å². The van der Waals surface area contributed by atoms with Gasteiger partial charge in [-0.3, -0.25) is 0 Å². The molecule has 5 heteroatoms. The van der Waals surface area contributed by atoms with Gasteiger partial charge in [-0.15, -0.1) is 0 Å². The van der Waals surface area contributed by atoms with Gasteiger partial charge in [0.15, 0.2) is 0 Å². The molecule has 0 radical (unpaired) electrons. The number of para-hydroxylation sites is 1. The van der Waals surface area contributed by atoms with E-state index < -0.39 is 0 Å². The molecular formula is C16H17N3O2. The molecule has 3 N–H and O–H groups in total. The first kappa shape index (κ1) is 13.5. The first-order valence-electron chi connectivity index (χ1n) is 6.79. The normalized spacial score (nSPS) is 10.8. The summed E-state index contributed by atoms with van der Waals surface area (Å²) in [4.78, 5) is 7.63. The topological polar surface area (TPSA) is 70.2 Å². The average molecular weight is 283 g/mol. The summed E-state index contributed by atoms with van der Waals surface area (Å²) < 4.78 is 5.46. The van der Waals surface area contributed by atoms with Gasteiger partial charge in [-0.1, -0.05) is 18.2 Å². The van der Waals surface area contributed by atoms with Crippen LogP contribution in [-0.2, 0) is 0 Å². The van der Waals surface area contributed by atoms with Crippen molar-refractivity contribution in [3.63, 3.8) is 0 Å². The highest BCUT2D eigenvalue weighted by Gasteiger charge is 2.12. The summed E-state index contributed by atoms with van der Waals surface area (Å²) in [5.41, 5.74) is 2.86. The van der Waals surface area contributed by atoms with E-state index in [-0.39, 0.29) is 6.61 Å². The second-order valence-corrected chi connectivity index (χ2v) is 4.65. The van der Waals surface area contributed by atoms with Gasteiger partial charge in [-0.2, -0.15) is 0 Å². The van der Waals surface area contributed by atoms with E-state index in [4.69, 9.17) is 9.84 Å². The second kappa shape index (κ2) is 5.85. The lowest BCUT2D eigenvalue weighted by molar-refractivity contribution is 0.311. The van der Waals surface area contributed by atoms with Crippen molar-refractivity contribution in [2.45, 2.75) is 0 Å². The summed E-state index contributed by atoms with van der Waals surface area (Å²) in [7, 11) is 1.67. The maximum atomic E-state index is 8.95. The van der Waals surface area contributed by atoms with Crippen LogP contribution in [0.15, 0.2) is 42.6 Å². The summed E-state index contributed by atoms with van der Waals surface area (Å²) in [6.07, 6.45) is 1.87. The number of fused-ring (bicyclic) bond motifs is 1. The van der Waals surface area contributed by atoms with E-state index in [2.05, 4.69) is 15.3 Å². The van der Waals surface area contributed by atoms with Crippen LogP contribution in [-0.4, -0.2) is 35.3 Å². The van der Waals surface area contributed by atoms with Crippen molar-refractivity contribution in [1.29, 1.82) is 0 Å². The molecule has 2 heterocycles. The second-order valence-electron chi connectivity index (χ2n) is 4.65. The Balaban J connectivity index is 2.17. The van der Waals surface area contributed by atoms with Crippen LogP contribution in [0.4, 0.5) is 5.82 Å². The fraction of sp³-hybridized carbons (Fsp3) is 0.188. The largest absolute Gasteiger partial charge is 0.496 e. The van der Waals surface area contributed by atoms with Crippen molar-refractivity contribution in [3.8, 4) is 16.9 Å². The van der Waals surface area contributed by atoms with Crippen LogP contribution in [0.2, 0.25) is 0 Å². The minimum absolute atomic E-state index is 0.0639. The summed E-state index contributed by atoms with van der Waals surface area (Å²) in [5, 5.41) is 13.1. The summed E-state index contributed by atoms with van der Waals surface area (Å²) >= 11 is 0. The van der Waals surface area contributed by atoms with Gasteiger partial charge in [0, 0.05) is 29.3 Å². The van der Waals surface area contributed by atoms with Crippen LogP contribution >= 0.6 is 0 Å². The summed E-state index contributed by atoms with van der Waals surface area (Å²) in [6.45, 7) is 0.527. The molecule has 0 aliphatic rings. The number of pyridine rings is 1. The maximum absolute atomic E-state index is 8.95. The van der Waals surface area contributed by atoms with Gasteiger partial charge in [-0.25, -0.2) is 4.98 Å². The Bertz CT molecular complexity index is 752. The van der Waals surface area contributed by atoms with Gasteiger partial charge in [0.25, 0.3) is 0 Å². The van der Waals surface area contributed by atoms with Gasteiger partial charge in [0.1, 0.15) is 17.2 Å². The molecular weight excluding hydrogens is 266 g/mol. The third-order valence-corrected chi connectivity index (χ3v) is 3.34. The fourth-order valence-corrected chi connectivity index (χ4v) is 2.40. The van der Waals surface area contributed by atoms with Gasteiger partial charge >= 0.3 is 0 Å². The number of anilines is 1. The number of aromatic nitrogens is 2. The van der Waals surface area contributed by atoms with Gasteiger partial charge < -0.3 is 20.1 Å². The molecule has 21 heavy (non-hydrogen) atoms. The molecule has 108 valence electrons. The molecule has 0 unspecified atom stereocenters. The predicted octanol–water partition coefficient (Wildman–Crippen LogP) is 2.64. The van der Waals surface area contributed by atoms with E-state index in [0.29, 0.717) is 6.54 Å². The Labute approximate surface area is 122 Å². The molecule has 3 aromatic rings. The highest BCUT2D eigenvalue weighted by atomic mass is 16.5. The Kier molecular flexibility index (Phi) is 3.75. The Morgan fingerprint density at radius 2 is 2.10 bits per heavy atom. The number of aliphatic hydroxyl groups excluding tert-OH is 1. The standard InChI is InChI=1S/C16H17N3O2/c1-21-14-5-3-2-4-11(14)13-10-15(17-8-9-20)19-16-12(13)6-7-18-16/h2-7,10,20H,8-9H2,1H3,(H2,17,18,19). The first-order valence-corrected chi connectivity index (χ1v) is 6.79. The number of nitrogens with one attached hydrogen (secondary N) is 2. The number of ether oxygens (including phenoxy) is 1. The van der Waals surface area contributed by atoms with Crippen molar-refractivity contribution >= 4 is 16.9 Å². The van der Waals surface area contributed by atoms with Gasteiger partial charge in [0.2, 0.25) is 0 Å². The number of rotatable bonds is 5. The van der Waals surface area contributed by atoms with E-state index in [9.17, 15) is 0 Å². The zero-order valence-corrected chi connectivity index (χ0v) is 11.8. The Morgan fingerprint density at radius 3 is 2.90 bits per heavy atom. The fourth-order valence-electron chi connectivity index (χ4n) is 2.40. The predicted molar refractivity (Wildman–Crippen MR) is 83.7 cm³/mol. The highest BCUT2D eigenvalue weighted by molar-refractivity contribution is 5.96. The van der Waals surface area contributed by atoms with Gasteiger partial charge in [-0.05, 0) is 18.2 Å². The molecule has 0 spiro atoms.